The van der Waals surface area contributed by atoms with Crippen molar-refractivity contribution in [3.8, 4) is 17.4 Å². The monoisotopic (exact) mass is 287 g/mol. The van der Waals surface area contributed by atoms with Crippen LogP contribution < -0.4 is 10.5 Å². The molecule has 7 heteroatoms. The summed E-state index contributed by atoms with van der Waals surface area (Å²) in [6.07, 6.45) is 0. The van der Waals surface area contributed by atoms with E-state index in [0.29, 0.717) is 16.5 Å². The number of aromatic nitrogens is 4. The topological polar surface area (TPSA) is 78.8 Å². The molecule has 1 heterocycles. The van der Waals surface area contributed by atoms with Gasteiger partial charge in [0.2, 0.25) is 0 Å². The smallest absolute Gasteiger partial charge is 0.345 e. The largest absolute Gasteiger partial charge is 0.422 e. The Morgan fingerprint density at radius 3 is 2.65 bits per heavy atom. The van der Waals surface area contributed by atoms with Gasteiger partial charge < -0.3 is 10.5 Å². The number of hydrogen-bond acceptors (Lipinski definition) is 5. The van der Waals surface area contributed by atoms with Crippen molar-refractivity contribution in [2.45, 2.75) is 0 Å². The molecule has 6 nitrogen and oxygen atoms in total. The predicted octanol–water partition coefficient (Wildman–Crippen LogP) is 2.69. The van der Waals surface area contributed by atoms with E-state index in [1.54, 1.807) is 18.2 Å². The number of nitrogens with zero attached hydrogens (tertiary/aromatic N) is 4. The molecule has 3 aromatic rings. The number of ether oxygens (including phenoxy) is 1. The van der Waals surface area contributed by atoms with Gasteiger partial charge in [-0.15, -0.1) is 0 Å². The minimum absolute atomic E-state index is 0.225. The molecule has 0 aliphatic heterocycles. The Kier molecular flexibility index (Phi) is 3.22. The van der Waals surface area contributed by atoms with Crippen molar-refractivity contribution in [2.24, 2.45) is 0 Å². The molecule has 2 aromatic carbocycles. The number of nitrogens with two attached hydrogens (primary N) is 1. The van der Waals surface area contributed by atoms with Crippen LogP contribution in [0, 0.1) is 0 Å². The lowest BCUT2D eigenvalue weighted by molar-refractivity contribution is 0.427. The summed E-state index contributed by atoms with van der Waals surface area (Å²) in [6.45, 7) is 0. The third-order valence-corrected chi connectivity index (χ3v) is 2.89. The summed E-state index contributed by atoms with van der Waals surface area (Å²) in [5.74, 6) is 0.438. The fourth-order valence-electron chi connectivity index (χ4n) is 1.67. The van der Waals surface area contributed by atoms with Gasteiger partial charge in [0, 0.05) is 5.69 Å². The highest BCUT2D eigenvalue weighted by Gasteiger charge is 2.12. The SMILES string of the molecule is Nc1ccc(Oc2nnnn2-c2ccccc2)c(Cl)c1. The number of halogens is 1. The van der Waals surface area contributed by atoms with Crippen LogP contribution in [0.3, 0.4) is 0 Å². The van der Waals surface area contributed by atoms with E-state index < -0.39 is 0 Å². The average molecular weight is 288 g/mol. The second-order valence-electron chi connectivity index (χ2n) is 4.00. The van der Waals surface area contributed by atoms with Crippen LogP contribution in [-0.4, -0.2) is 20.2 Å². The van der Waals surface area contributed by atoms with Crippen molar-refractivity contribution in [3.05, 3.63) is 53.6 Å². The van der Waals surface area contributed by atoms with Crippen LogP contribution in [0.1, 0.15) is 0 Å². The second kappa shape index (κ2) is 5.18. The number of tetrazole rings is 1. The van der Waals surface area contributed by atoms with E-state index in [4.69, 9.17) is 22.1 Å². The van der Waals surface area contributed by atoms with Crippen molar-refractivity contribution >= 4 is 17.3 Å². The second-order valence-corrected chi connectivity index (χ2v) is 4.41. The third-order valence-electron chi connectivity index (χ3n) is 2.60. The molecule has 20 heavy (non-hydrogen) atoms. The molecular weight excluding hydrogens is 278 g/mol. The summed E-state index contributed by atoms with van der Waals surface area (Å²) >= 11 is 6.06. The molecule has 0 spiro atoms. The summed E-state index contributed by atoms with van der Waals surface area (Å²) < 4.78 is 7.11. The zero-order chi connectivity index (χ0) is 13.9. The number of rotatable bonds is 3. The Balaban J connectivity index is 1.95. The quantitative estimate of drug-likeness (QED) is 0.749. The highest BCUT2D eigenvalue weighted by atomic mass is 35.5. The minimum Gasteiger partial charge on any atom is -0.422 e. The Morgan fingerprint density at radius 1 is 1.10 bits per heavy atom. The van der Waals surface area contributed by atoms with E-state index in [1.165, 1.54) is 4.68 Å². The van der Waals surface area contributed by atoms with Gasteiger partial charge in [0.05, 0.1) is 10.7 Å². The summed E-state index contributed by atoms with van der Waals surface area (Å²) in [7, 11) is 0. The van der Waals surface area contributed by atoms with Crippen LogP contribution in [0.25, 0.3) is 5.69 Å². The van der Waals surface area contributed by atoms with Gasteiger partial charge in [-0.1, -0.05) is 34.9 Å². The minimum atomic E-state index is 0.225. The molecule has 0 saturated heterocycles. The van der Waals surface area contributed by atoms with Crippen molar-refractivity contribution in [3.63, 3.8) is 0 Å². The molecule has 0 atom stereocenters. The van der Waals surface area contributed by atoms with Gasteiger partial charge in [0.15, 0.2) is 0 Å². The maximum atomic E-state index is 6.06. The summed E-state index contributed by atoms with van der Waals surface area (Å²) in [4.78, 5) is 0. The van der Waals surface area contributed by atoms with Crippen molar-refractivity contribution < 1.29 is 4.74 Å². The van der Waals surface area contributed by atoms with E-state index in [9.17, 15) is 0 Å². The van der Waals surface area contributed by atoms with Gasteiger partial charge in [-0.25, -0.2) is 0 Å². The predicted molar refractivity (Wildman–Crippen MR) is 75.1 cm³/mol. The van der Waals surface area contributed by atoms with E-state index in [1.807, 2.05) is 30.3 Å². The number of hydrogen-bond donors (Lipinski definition) is 1. The summed E-state index contributed by atoms with van der Waals surface area (Å²) in [6, 6.07) is 14.6. The first kappa shape index (κ1) is 12.4. The summed E-state index contributed by atoms with van der Waals surface area (Å²) in [5.41, 5.74) is 6.99. The molecule has 0 amide bonds. The van der Waals surface area contributed by atoms with Gasteiger partial charge in [-0.05, 0) is 40.8 Å². The molecule has 100 valence electrons. The Bertz CT molecular complexity index is 729. The first-order valence-electron chi connectivity index (χ1n) is 5.81. The first-order valence-corrected chi connectivity index (χ1v) is 6.18. The lowest BCUT2D eigenvalue weighted by Crippen LogP contribution is -2.00. The van der Waals surface area contributed by atoms with Crippen molar-refractivity contribution in [1.82, 2.24) is 20.2 Å². The maximum Gasteiger partial charge on any atom is 0.345 e. The van der Waals surface area contributed by atoms with Crippen LogP contribution >= 0.6 is 11.6 Å². The van der Waals surface area contributed by atoms with Crippen LogP contribution in [0.15, 0.2) is 48.5 Å². The number of anilines is 1. The fraction of sp³-hybridized carbons (Fsp3) is 0. The molecule has 0 aliphatic carbocycles. The lowest BCUT2D eigenvalue weighted by Gasteiger charge is -2.07. The molecule has 0 saturated carbocycles. The molecule has 0 radical (unpaired) electrons. The van der Waals surface area contributed by atoms with Crippen LogP contribution in [0.2, 0.25) is 5.02 Å². The van der Waals surface area contributed by atoms with Crippen molar-refractivity contribution in [2.75, 3.05) is 5.73 Å². The molecule has 0 bridgehead atoms. The van der Waals surface area contributed by atoms with Crippen molar-refractivity contribution in [1.29, 1.82) is 0 Å². The number of benzene rings is 2. The molecular formula is C13H10ClN5O. The number of para-hydroxylation sites is 1. The van der Waals surface area contributed by atoms with Gasteiger partial charge in [0.1, 0.15) is 5.75 Å². The molecule has 0 aliphatic rings. The normalized spacial score (nSPS) is 10.4. The van der Waals surface area contributed by atoms with E-state index in [-0.39, 0.29) is 6.01 Å². The van der Waals surface area contributed by atoms with Gasteiger partial charge in [-0.3, -0.25) is 0 Å². The standard InChI is InChI=1S/C13H10ClN5O/c14-11-8-9(15)6-7-12(11)20-13-16-17-18-19(13)10-4-2-1-3-5-10/h1-8H,15H2. The molecule has 1 aromatic heterocycles. The Morgan fingerprint density at radius 2 is 1.90 bits per heavy atom. The maximum absolute atomic E-state index is 6.06. The molecule has 2 N–H and O–H groups in total. The zero-order valence-electron chi connectivity index (χ0n) is 10.3. The van der Waals surface area contributed by atoms with E-state index in [0.717, 1.165) is 5.69 Å². The molecule has 3 rings (SSSR count). The Labute approximate surface area is 119 Å². The highest BCUT2D eigenvalue weighted by Crippen LogP contribution is 2.30. The zero-order valence-corrected chi connectivity index (χ0v) is 11.0. The van der Waals surface area contributed by atoms with Gasteiger partial charge >= 0.3 is 6.01 Å². The summed E-state index contributed by atoms with van der Waals surface area (Å²) in [5, 5.41) is 11.7. The van der Waals surface area contributed by atoms with E-state index in [2.05, 4.69) is 15.5 Å². The average Bonchev–Trinajstić information content (AvgIpc) is 2.91. The molecule has 0 unspecified atom stereocenters. The van der Waals surface area contributed by atoms with Crippen LogP contribution in [0.5, 0.6) is 11.8 Å². The van der Waals surface area contributed by atoms with Crippen LogP contribution in [-0.2, 0) is 0 Å². The third kappa shape index (κ3) is 2.41. The highest BCUT2D eigenvalue weighted by molar-refractivity contribution is 6.32. The van der Waals surface area contributed by atoms with Crippen LogP contribution in [0.4, 0.5) is 5.69 Å². The fourth-order valence-corrected chi connectivity index (χ4v) is 1.90. The van der Waals surface area contributed by atoms with Gasteiger partial charge in [0.25, 0.3) is 0 Å². The lowest BCUT2D eigenvalue weighted by atomic mass is 10.3. The van der Waals surface area contributed by atoms with Gasteiger partial charge in [-0.2, -0.15) is 4.68 Å². The number of nitrogen functional groups attached to an aromatic ring is 1. The Hall–Kier alpha value is -2.60. The first-order chi connectivity index (χ1) is 9.74. The molecule has 0 fully saturated rings. The van der Waals surface area contributed by atoms with E-state index >= 15 is 0 Å².